The molecule has 0 unspecified atom stereocenters. The smallest absolute Gasteiger partial charge is 0.302 e. The zero-order valence-corrected chi connectivity index (χ0v) is 22.2. The van der Waals surface area contributed by atoms with Crippen LogP contribution in [0.1, 0.15) is 29.8 Å². The van der Waals surface area contributed by atoms with E-state index in [9.17, 15) is 14.4 Å². The van der Waals surface area contributed by atoms with E-state index in [0.717, 1.165) is 23.0 Å². The molecule has 1 amide bonds. The minimum Gasteiger partial charge on any atom is -0.463 e. The first-order valence-corrected chi connectivity index (χ1v) is 12.9. The van der Waals surface area contributed by atoms with Crippen LogP contribution in [0.2, 0.25) is 0 Å². The lowest BCUT2D eigenvalue weighted by molar-refractivity contribution is -0.257. The molecule has 3 aromatic carbocycles. The average molecular weight is 532 g/mol. The molecule has 0 spiro atoms. The number of amides is 1. The van der Waals surface area contributed by atoms with Crippen molar-refractivity contribution in [3.05, 3.63) is 90.0 Å². The number of rotatable bonds is 10. The largest absolute Gasteiger partial charge is 0.463 e. The quantitative estimate of drug-likeness (QED) is 0.305. The zero-order valence-electron chi connectivity index (χ0n) is 22.2. The monoisotopic (exact) mass is 531 g/mol. The van der Waals surface area contributed by atoms with Gasteiger partial charge < -0.3 is 29.1 Å². The van der Waals surface area contributed by atoms with Gasteiger partial charge in [0.25, 0.3) is 5.91 Å². The van der Waals surface area contributed by atoms with Crippen molar-refractivity contribution in [2.75, 3.05) is 13.7 Å². The van der Waals surface area contributed by atoms with Crippen LogP contribution in [0, 0.1) is 11.8 Å². The van der Waals surface area contributed by atoms with E-state index in [-0.39, 0.29) is 25.0 Å². The van der Waals surface area contributed by atoms with Crippen molar-refractivity contribution < 1.29 is 33.3 Å². The Morgan fingerprint density at radius 2 is 1.72 bits per heavy atom. The predicted octanol–water partition coefficient (Wildman–Crippen LogP) is 4.42. The van der Waals surface area contributed by atoms with E-state index in [1.54, 1.807) is 25.2 Å². The molecule has 3 aromatic rings. The number of aldehydes is 1. The highest BCUT2D eigenvalue weighted by atomic mass is 16.7. The Morgan fingerprint density at radius 1 is 0.974 bits per heavy atom. The second-order valence-electron chi connectivity index (χ2n) is 9.48. The highest BCUT2D eigenvalue weighted by Gasteiger charge is 2.46. The second-order valence-corrected chi connectivity index (χ2v) is 9.48. The molecule has 204 valence electrons. The lowest BCUT2D eigenvalue weighted by Crippen LogP contribution is -2.55. The van der Waals surface area contributed by atoms with Crippen LogP contribution < -0.4 is 10.1 Å². The van der Waals surface area contributed by atoms with Crippen molar-refractivity contribution in [3.8, 4) is 16.9 Å². The molecule has 1 heterocycles. The van der Waals surface area contributed by atoms with Crippen molar-refractivity contribution in [2.24, 2.45) is 11.8 Å². The summed E-state index contributed by atoms with van der Waals surface area (Å²) in [4.78, 5) is 35.7. The number of carbonyl (C=O) groups is 3. The fourth-order valence-electron chi connectivity index (χ4n) is 4.59. The summed E-state index contributed by atoms with van der Waals surface area (Å²) in [6.07, 6.45) is -1.28. The summed E-state index contributed by atoms with van der Waals surface area (Å²) in [6.45, 7) is 3.49. The van der Waals surface area contributed by atoms with Crippen LogP contribution in [-0.2, 0) is 30.4 Å². The molecule has 1 N–H and O–H groups in total. The Morgan fingerprint density at radius 3 is 2.38 bits per heavy atom. The molecule has 0 aromatic heterocycles. The van der Waals surface area contributed by atoms with Crippen LogP contribution in [0.25, 0.3) is 11.1 Å². The first-order chi connectivity index (χ1) is 18.9. The van der Waals surface area contributed by atoms with Crippen LogP contribution in [0.15, 0.2) is 78.9 Å². The van der Waals surface area contributed by atoms with Gasteiger partial charge in [-0.3, -0.25) is 9.59 Å². The maximum atomic E-state index is 12.2. The summed E-state index contributed by atoms with van der Waals surface area (Å²) < 4.78 is 23.9. The number of hydrogen-bond donors (Lipinski definition) is 1. The molecule has 1 aliphatic heterocycles. The average Bonchev–Trinajstić information content (AvgIpc) is 2.96. The third kappa shape index (κ3) is 7.10. The van der Waals surface area contributed by atoms with Crippen LogP contribution >= 0.6 is 0 Å². The van der Waals surface area contributed by atoms with E-state index in [4.69, 9.17) is 18.9 Å². The van der Waals surface area contributed by atoms with Gasteiger partial charge in [-0.1, -0.05) is 61.5 Å². The van der Waals surface area contributed by atoms with Crippen LogP contribution in [-0.4, -0.2) is 50.3 Å². The van der Waals surface area contributed by atoms with Gasteiger partial charge in [0.15, 0.2) is 0 Å². The van der Waals surface area contributed by atoms with Crippen LogP contribution in [0.4, 0.5) is 0 Å². The van der Waals surface area contributed by atoms with E-state index in [1.165, 1.54) is 6.92 Å². The Labute approximate surface area is 228 Å². The number of nitrogens with one attached hydrogen (secondary N) is 1. The summed E-state index contributed by atoms with van der Waals surface area (Å²) in [7, 11) is 1.60. The number of esters is 1. The van der Waals surface area contributed by atoms with Gasteiger partial charge in [-0.2, -0.15) is 0 Å². The second kappa shape index (κ2) is 13.2. The number of ether oxygens (including phenoxy) is 4. The molecule has 0 bridgehead atoms. The van der Waals surface area contributed by atoms with E-state index < -0.39 is 30.4 Å². The maximum absolute atomic E-state index is 12.2. The van der Waals surface area contributed by atoms with Gasteiger partial charge in [0.2, 0.25) is 6.29 Å². The molecular weight excluding hydrogens is 498 g/mol. The van der Waals surface area contributed by atoms with Gasteiger partial charge in [0.1, 0.15) is 24.7 Å². The number of hydrogen-bond acceptors (Lipinski definition) is 7. The summed E-state index contributed by atoms with van der Waals surface area (Å²) in [5, 5.41) is 2.63. The minimum atomic E-state index is -0.914. The minimum absolute atomic E-state index is 0.00667. The topological polar surface area (TPSA) is 100 Å². The summed E-state index contributed by atoms with van der Waals surface area (Å²) >= 11 is 0. The highest BCUT2D eigenvalue weighted by Crippen LogP contribution is 2.34. The normalized spacial score (nSPS) is 22.5. The molecule has 8 heteroatoms. The molecule has 8 nitrogen and oxygen atoms in total. The summed E-state index contributed by atoms with van der Waals surface area (Å²) in [6, 6.07) is 24.4. The van der Waals surface area contributed by atoms with Crippen LogP contribution in [0.3, 0.4) is 0 Å². The van der Waals surface area contributed by atoms with Gasteiger partial charge in [-0.25, -0.2) is 0 Å². The number of carbonyl (C=O) groups excluding carboxylic acids is 3. The van der Waals surface area contributed by atoms with Crippen molar-refractivity contribution in [2.45, 2.75) is 39.0 Å². The Kier molecular flexibility index (Phi) is 9.46. The molecular formula is C31H33NO7. The zero-order chi connectivity index (χ0) is 27.8. The van der Waals surface area contributed by atoms with Gasteiger partial charge in [0.05, 0.1) is 18.6 Å². The third-order valence-electron chi connectivity index (χ3n) is 6.84. The fourth-order valence-corrected chi connectivity index (χ4v) is 4.59. The van der Waals surface area contributed by atoms with Crippen molar-refractivity contribution in [1.82, 2.24) is 5.32 Å². The highest BCUT2D eigenvalue weighted by molar-refractivity contribution is 5.95. The molecule has 5 atom stereocenters. The molecule has 39 heavy (non-hydrogen) atoms. The SMILES string of the molecule is CNC(=O)c1cccc(-c2ccc(O[C@H]3O[C@H](COC(C)=O)[C@@H](C)[C@H](C=O)[C@@H]3OCc3ccccc3)cc2)c1. The lowest BCUT2D eigenvalue weighted by atomic mass is 9.83. The van der Waals surface area contributed by atoms with Crippen molar-refractivity contribution in [1.29, 1.82) is 0 Å². The van der Waals surface area contributed by atoms with E-state index in [1.807, 2.05) is 67.6 Å². The Hall–Kier alpha value is -4.01. The molecule has 0 radical (unpaired) electrons. The predicted molar refractivity (Wildman–Crippen MR) is 145 cm³/mol. The Bertz CT molecular complexity index is 1260. The molecule has 1 fully saturated rings. The van der Waals surface area contributed by atoms with Crippen molar-refractivity contribution >= 4 is 18.2 Å². The summed E-state index contributed by atoms with van der Waals surface area (Å²) in [5.74, 6) is -0.873. The maximum Gasteiger partial charge on any atom is 0.302 e. The van der Waals surface area contributed by atoms with Gasteiger partial charge in [-0.15, -0.1) is 0 Å². The molecule has 4 rings (SSSR count). The van der Waals surface area contributed by atoms with Gasteiger partial charge >= 0.3 is 5.97 Å². The van der Waals surface area contributed by atoms with Crippen molar-refractivity contribution in [3.63, 3.8) is 0 Å². The van der Waals surface area contributed by atoms with E-state index in [0.29, 0.717) is 11.3 Å². The van der Waals surface area contributed by atoms with Crippen LogP contribution in [0.5, 0.6) is 5.75 Å². The molecule has 0 aliphatic carbocycles. The fraction of sp³-hybridized carbons (Fsp3) is 0.323. The third-order valence-corrected chi connectivity index (χ3v) is 6.84. The first-order valence-electron chi connectivity index (χ1n) is 12.9. The van der Waals surface area contributed by atoms with E-state index in [2.05, 4.69) is 5.32 Å². The van der Waals surface area contributed by atoms with Gasteiger partial charge in [0, 0.05) is 19.5 Å². The molecule has 1 aliphatic rings. The lowest BCUT2D eigenvalue weighted by Gasteiger charge is -2.43. The Balaban J connectivity index is 1.55. The first kappa shape index (κ1) is 28.0. The van der Waals surface area contributed by atoms with E-state index >= 15 is 0 Å². The standard InChI is InChI=1S/C31H33NO7/c1-20-27(17-33)29(37-18-22-8-5-4-6-9-22)31(39-28(20)19-36-21(2)34)38-26-14-12-23(13-15-26)24-10-7-11-25(16-24)30(35)32-3/h4-17,20,27-29,31H,18-19H2,1-3H3,(H,32,35)/t20-,27-,28+,29-,31-/m0/s1. The molecule has 1 saturated heterocycles. The number of benzene rings is 3. The van der Waals surface area contributed by atoms with Gasteiger partial charge in [-0.05, 0) is 46.9 Å². The molecule has 0 saturated carbocycles. The summed E-state index contributed by atoms with van der Waals surface area (Å²) in [5.41, 5.74) is 3.31.